The lowest BCUT2D eigenvalue weighted by molar-refractivity contribution is 0.0966. The van der Waals surface area contributed by atoms with Crippen LogP contribution in [-0.4, -0.2) is 28.8 Å². The molecule has 5 atom stereocenters. The molecule has 1 aromatic rings. The monoisotopic (exact) mass is 241 g/mol. The number of rotatable bonds is 1. The van der Waals surface area contributed by atoms with Crippen LogP contribution in [0, 0.1) is 29.1 Å². The Bertz CT molecular complexity index is 519. The molecule has 4 heteroatoms. The number of fused-ring (bicyclic) bond motifs is 1. The molecule has 2 aliphatic carbocycles. The van der Waals surface area contributed by atoms with Gasteiger partial charge in [0, 0.05) is 6.54 Å². The maximum absolute atomic E-state index is 10.3. The number of aliphatic hydroxyl groups excluding tert-OH is 1. The highest BCUT2D eigenvalue weighted by molar-refractivity contribution is 5.50. The van der Waals surface area contributed by atoms with Crippen LogP contribution in [0.2, 0.25) is 0 Å². The van der Waals surface area contributed by atoms with Gasteiger partial charge < -0.3 is 10.0 Å². The fourth-order valence-corrected chi connectivity index (χ4v) is 4.33. The van der Waals surface area contributed by atoms with Gasteiger partial charge in [0.1, 0.15) is 11.8 Å². The smallest absolute Gasteiger partial charge is 0.140 e. The van der Waals surface area contributed by atoms with Gasteiger partial charge >= 0.3 is 0 Å². The molecule has 0 radical (unpaired) electrons. The van der Waals surface area contributed by atoms with E-state index in [1.807, 2.05) is 12.1 Å². The van der Waals surface area contributed by atoms with Gasteiger partial charge in [-0.1, -0.05) is 0 Å². The van der Waals surface area contributed by atoms with Gasteiger partial charge in [0.2, 0.25) is 0 Å². The third kappa shape index (κ3) is 1.20. The van der Waals surface area contributed by atoms with E-state index in [4.69, 9.17) is 5.26 Å². The van der Waals surface area contributed by atoms with Gasteiger partial charge in [-0.3, -0.25) is 0 Å². The predicted molar refractivity (Wildman–Crippen MR) is 65.8 cm³/mol. The molecule has 0 aromatic carbocycles. The van der Waals surface area contributed by atoms with Crippen LogP contribution in [0.1, 0.15) is 18.5 Å². The number of aromatic nitrogens is 1. The average molecular weight is 241 g/mol. The molecule has 18 heavy (non-hydrogen) atoms. The van der Waals surface area contributed by atoms with Gasteiger partial charge in [0.15, 0.2) is 0 Å². The molecule has 2 heterocycles. The van der Waals surface area contributed by atoms with Gasteiger partial charge in [-0.15, -0.1) is 0 Å². The molecule has 4 rings (SSSR count). The van der Waals surface area contributed by atoms with Crippen LogP contribution >= 0.6 is 0 Å². The minimum absolute atomic E-state index is 0.176. The Kier molecular flexibility index (Phi) is 1.98. The summed E-state index contributed by atoms with van der Waals surface area (Å²) in [5.41, 5.74) is 1.50. The topological polar surface area (TPSA) is 60.2 Å². The SMILES string of the molecule is N#Cc1ccc(N2CC3CC4CC3C2C4O)cn1. The molecule has 1 saturated heterocycles. The average Bonchev–Trinajstić information content (AvgIpc) is 3.00. The first kappa shape index (κ1) is 10.3. The summed E-state index contributed by atoms with van der Waals surface area (Å²) in [6.45, 7) is 1.04. The molecule has 3 aliphatic rings. The quantitative estimate of drug-likeness (QED) is 0.801. The van der Waals surface area contributed by atoms with Crippen molar-refractivity contribution in [1.29, 1.82) is 5.26 Å². The Morgan fingerprint density at radius 3 is 2.89 bits per heavy atom. The fourth-order valence-electron chi connectivity index (χ4n) is 4.33. The largest absolute Gasteiger partial charge is 0.391 e. The molecule has 1 aromatic heterocycles. The van der Waals surface area contributed by atoms with E-state index >= 15 is 0 Å². The van der Waals surface area contributed by atoms with Gasteiger partial charge in [0.25, 0.3) is 0 Å². The van der Waals surface area contributed by atoms with Crippen molar-refractivity contribution in [2.75, 3.05) is 11.4 Å². The Labute approximate surface area is 106 Å². The van der Waals surface area contributed by atoms with E-state index in [-0.39, 0.29) is 12.1 Å². The van der Waals surface area contributed by atoms with E-state index in [1.165, 1.54) is 12.8 Å². The molecular weight excluding hydrogens is 226 g/mol. The molecule has 2 bridgehead atoms. The van der Waals surface area contributed by atoms with Gasteiger partial charge in [0.05, 0.1) is 24.0 Å². The van der Waals surface area contributed by atoms with Crippen LogP contribution < -0.4 is 4.90 Å². The maximum Gasteiger partial charge on any atom is 0.140 e. The summed E-state index contributed by atoms with van der Waals surface area (Å²) in [5, 5.41) is 19.1. The second kappa shape index (κ2) is 3.46. The first-order valence-electron chi connectivity index (χ1n) is 6.59. The van der Waals surface area contributed by atoms with E-state index in [1.54, 1.807) is 12.3 Å². The zero-order valence-corrected chi connectivity index (χ0v) is 10.0. The number of aliphatic hydroxyl groups is 1. The Hall–Kier alpha value is -1.60. The molecule has 5 unspecified atom stereocenters. The maximum atomic E-state index is 10.3. The summed E-state index contributed by atoms with van der Waals surface area (Å²) in [4.78, 5) is 6.44. The lowest BCUT2D eigenvalue weighted by Gasteiger charge is -2.30. The molecule has 0 amide bonds. The highest BCUT2D eigenvalue weighted by atomic mass is 16.3. The van der Waals surface area contributed by atoms with Crippen molar-refractivity contribution in [1.82, 2.24) is 4.98 Å². The number of hydrogen-bond acceptors (Lipinski definition) is 4. The van der Waals surface area contributed by atoms with Gasteiger partial charge in [-0.05, 0) is 42.7 Å². The second-order valence-corrected chi connectivity index (χ2v) is 5.80. The Morgan fingerprint density at radius 1 is 1.33 bits per heavy atom. The third-order valence-corrected chi connectivity index (χ3v) is 5.04. The van der Waals surface area contributed by atoms with Crippen LogP contribution in [0.15, 0.2) is 18.3 Å². The number of hydrogen-bond donors (Lipinski definition) is 1. The summed E-state index contributed by atoms with van der Waals surface area (Å²) in [6.07, 6.45) is 3.96. The van der Waals surface area contributed by atoms with E-state index < -0.39 is 0 Å². The van der Waals surface area contributed by atoms with E-state index in [9.17, 15) is 5.11 Å². The van der Waals surface area contributed by atoms with Crippen molar-refractivity contribution in [3.05, 3.63) is 24.0 Å². The van der Waals surface area contributed by atoms with Crippen LogP contribution in [-0.2, 0) is 0 Å². The molecular formula is C14H15N3O. The molecule has 0 spiro atoms. The van der Waals surface area contributed by atoms with E-state index in [0.717, 1.165) is 18.2 Å². The first-order chi connectivity index (χ1) is 8.78. The van der Waals surface area contributed by atoms with Crippen molar-refractivity contribution in [2.45, 2.75) is 25.0 Å². The lowest BCUT2D eigenvalue weighted by Crippen LogP contribution is -2.40. The van der Waals surface area contributed by atoms with Crippen molar-refractivity contribution in [3.63, 3.8) is 0 Å². The Balaban J connectivity index is 1.68. The summed E-state index contributed by atoms with van der Waals surface area (Å²) in [7, 11) is 0. The summed E-state index contributed by atoms with van der Waals surface area (Å²) in [5.74, 6) is 1.93. The number of nitrogens with zero attached hydrogens (tertiary/aromatic N) is 3. The number of pyridine rings is 1. The van der Waals surface area contributed by atoms with Gasteiger partial charge in [-0.2, -0.15) is 5.26 Å². The fraction of sp³-hybridized carbons (Fsp3) is 0.571. The van der Waals surface area contributed by atoms with E-state index in [0.29, 0.717) is 17.5 Å². The molecule has 1 N–H and O–H groups in total. The molecule has 92 valence electrons. The van der Waals surface area contributed by atoms with Crippen molar-refractivity contribution >= 4 is 5.69 Å². The predicted octanol–water partition coefficient (Wildman–Crippen LogP) is 1.16. The zero-order valence-electron chi connectivity index (χ0n) is 10.0. The lowest BCUT2D eigenvalue weighted by atomic mass is 9.88. The minimum atomic E-state index is -0.176. The minimum Gasteiger partial charge on any atom is -0.391 e. The molecule has 2 saturated carbocycles. The summed E-state index contributed by atoms with van der Waals surface area (Å²) < 4.78 is 0. The summed E-state index contributed by atoms with van der Waals surface area (Å²) >= 11 is 0. The van der Waals surface area contributed by atoms with Crippen LogP contribution in [0.3, 0.4) is 0 Å². The molecule has 4 nitrogen and oxygen atoms in total. The zero-order chi connectivity index (χ0) is 12.3. The standard InChI is InChI=1S/C14H15N3O/c15-5-10-1-2-11(6-16-10)17-7-9-3-8-4-12(9)13(17)14(8)18/h1-2,6,8-9,12-14,18H,3-4,7H2. The summed E-state index contributed by atoms with van der Waals surface area (Å²) in [6, 6.07) is 6.03. The van der Waals surface area contributed by atoms with Crippen LogP contribution in [0.4, 0.5) is 5.69 Å². The van der Waals surface area contributed by atoms with Gasteiger partial charge in [-0.25, -0.2) is 4.98 Å². The highest BCUT2D eigenvalue weighted by Gasteiger charge is 2.58. The van der Waals surface area contributed by atoms with Crippen molar-refractivity contribution in [2.24, 2.45) is 17.8 Å². The molecule has 3 fully saturated rings. The molecule has 1 aliphatic heterocycles. The van der Waals surface area contributed by atoms with E-state index in [2.05, 4.69) is 9.88 Å². The number of anilines is 1. The highest BCUT2D eigenvalue weighted by Crippen LogP contribution is 2.55. The first-order valence-corrected chi connectivity index (χ1v) is 6.59. The van der Waals surface area contributed by atoms with Crippen LogP contribution in [0.5, 0.6) is 0 Å². The second-order valence-electron chi connectivity index (χ2n) is 5.80. The normalized spacial score (nSPS) is 40.2. The van der Waals surface area contributed by atoms with Crippen molar-refractivity contribution in [3.8, 4) is 6.07 Å². The van der Waals surface area contributed by atoms with Crippen molar-refractivity contribution < 1.29 is 5.11 Å². The van der Waals surface area contributed by atoms with Crippen LogP contribution in [0.25, 0.3) is 0 Å². The Morgan fingerprint density at radius 2 is 2.22 bits per heavy atom. The number of nitriles is 1. The third-order valence-electron chi connectivity index (χ3n) is 5.04.